The van der Waals surface area contributed by atoms with Gasteiger partial charge in [-0.1, -0.05) is 6.07 Å². The highest BCUT2D eigenvalue weighted by Crippen LogP contribution is 2.30. The van der Waals surface area contributed by atoms with Gasteiger partial charge in [0.05, 0.1) is 0 Å². The van der Waals surface area contributed by atoms with Crippen molar-refractivity contribution in [2.75, 3.05) is 7.05 Å². The fraction of sp³-hybridized carbons (Fsp3) is 0.200. The van der Waals surface area contributed by atoms with E-state index in [9.17, 15) is 4.39 Å². The molecule has 4 heteroatoms. The Bertz CT molecular complexity index is 574. The number of benzene rings is 2. The lowest BCUT2D eigenvalue weighted by molar-refractivity contribution is 0.463. The molecule has 0 fully saturated rings. The first-order valence-corrected chi connectivity index (χ1v) is 7.08. The van der Waals surface area contributed by atoms with Gasteiger partial charge in [-0.3, -0.25) is 0 Å². The predicted molar refractivity (Wildman–Crippen MR) is 83.1 cm³/mol. The first-order chi connectivity index (χ1) is 9.10. The van der Waals surface area contributed by atoms with Crippen molar-refractivity contribution in [1.82, 2.24) is 5.32 Å². The Hall–Kier alpha value is -1.14. The molecule has 2 rings (SSSR count). The van der Waals surface area contributed by atoms with Crippen LogP contribution >= 0.6 is 22.6 Å². The number of hydrogen-bond donors (Lipinski definition) is 1. The molecular weight excluding hydrogens is 356 g/mol. The number of ether oxygens (including phenoxy) is 1. The molecule has 1 N–H and O–H groups in total. The van der Waals surface area contributed by atoms with Crippen molar-refractivity contribution in [1.29, 1.82) is 0 Å². The van der Waals surface area contributed by atoms with Crippen LogP contribution in [0.15, 0.2) is 42.5 Å². The van der Waals surface area contributed by atoms with Crippen LogP contribution in [-0.4, -0.2) is 7.05 Å². The van der Waals surface area contributed by atoms with Crippen molar-refractivity contribution >= 4 is 22.6 Å². The van der Waals surface area contributed by atoms with Crippen molar-refractivity contribution in [2.45, 2.75) is 13.0 Å². The van der Waals surface area contributed by atoms with Crippen LogP contribution < -0.4 is 10.1 Å². The zero-order valence-corrected chi connectivity index (χ0v) is 12.9. The summed E-state index contributed by atoms with van der Waals surface area (Å²) in [5, 5.41) is 3.10. The number of nitrogens with one attached hydrogen (secondary N) is 1. The van der Waals surface area contributed by atoms with Gasteiger partial charge in [0.15, 0.2) is 0 Å². The third-order valence-electron chi connectivity index (χ3n) is 2.90. The van der Waals surface area contributed by atoms with Crippen LogP contribution in [0, 0.1) is 9.39 Å². The van der Waals surface area contributed by atoms with Gasteiger partial charge in [0.25, 0.3) is 0 Å². The average molecular weight is 371 g/mol. The smallest absolute Gasteiger partial charge is 0.132 e. The summed E-state index contributed by atoms with van der Waals surface area (Å²) >= 11 is 2.23. The highest BCUT2D eigenvalue weighted by atomic mass is 127. The van der Waals surface area contributed by atoms with Crippen molar-refractivity contribution in [3.63, 3.8) is 0 Å². The lowest BCUT2D eigenvalue weighted by Crippen LogP contribution is -2.13. The summed E-state index contributed by atoms with van der Waals surface area (Å²) in [5.74, 6) is 1.17. The quantitative estimate of drug-likeness (QED) is 0.799. The Morgan fingerprint density at radius 2 is 2.00 bits per heavy atom. The van der Waals surface area contributed by atoms with E-state index in [4.69, 9.17) is 4.74 Å². The van der Waals surface area contributed by atoms with Gasteiger partial charge < -0.3 is 10.1 Å². The monoisotopic (exact) mass is 371 g/mol. The summed E-state index contributed by atoms with van der Waals surface area (Å²) in [6, 6.07) is 12.4. The van der Waals surface area contributed by atoms with E-state index < -0.39 is 0 Å². The Morgan fingerprint density at radius 3 is 2.68 bits per heavy atom. The Balaban J connectivity index is 2.34. The molecule has 0 saturated carbocycles. The van der Waals surface area contributed by atoms with Gasteiger partial charge >= 0.3 is 0 Å². The largest absolute Gasteiger partial charge is 0.457 e. The maximum absolute atomic E-state index is 13.4. The van der Waals surface area contributed by atoms with Crippen molar-refractivity contribution in [2.24, 2.45) is 0 Å². The van der Waals surface area contributed by atoms with E-state index in [1.807, 2.05) is 38.2 Å². The molecule has 0 aliphatic carbocycles. The van der Waals surface area contributed by atoms with Crippen LogP contribution in [-0.2, 0) is 0 Å². The van der Waals surface area contributed by atoms with Crippen molar-refractivity contribution in [3.8, 4) is 11.5 Å². The molecule has 0 spiro atoms. The minimum atomic E-state index is -0.257. The Morgan fingerprint density at radius 1 is 1.21 bits per heavy atom. The van der Waals surface area contributed by atoms with Crippen molar-refractivity contribution in [3.05, 3.63) is 57.4 Å². The Labute approximate surface area is 126 Å². The molecule has 100 valence electrons. The van der Waals surface area contributed by atoms with E-state index in [-0.39, 0.29) is 11.9 Å². The standard InChI is InChI=1S/C15H15FINO/c1-10(18-2)14-8-11(16)6-7-15(14)19-13-5-3-4-12(17)9-13/h3-10,18H,1-2H3. The maximum atomic E-state index is 13.4. The first kappa shape index (κ1) is 14.3. The molecule has 0 bridgehead atoms. The lowest BCUT2D eigenvalue weighted by Gasteiger charge is -2.16. The van der Waals surface area contributed by atoms with E-state index >= 15 is 0 Å². The van der Waals surface area contributed by atoms with E-state index in [1.54, 1.807) is 6.07 Å². The molecule has 1 atom stereocenters. The zero-order valence-electron chi connectivity index (χ0n) is 10.8. The molecule has 2 aromatic rings. The minimum Gasteiger partial charge on any atom is -0.457 e. The average Bonchev–Trinajstić information content (AvgIpc) is 2.40. The number of rotatable bonds is 4. The lowest BCUT2D eigenvalue weighted by atomic mass is 10.1. The van der Waals surface area contributed by atoms with Crippen LogP contribution in [0.1, 0.15) is 18.5 Å². The molecule has 0 heterocycles. The van der Waals surface area contributed by atoms with Gasteiger partial charge in [-0.15, -0.1) is 0 Å². The molecule has 2 aromatic carbocycles. The third-order valence-corrected chi connectivity index (χ3v) is 3.57. The summed E-state index contributed by atoms with van der Waals surface area (Å²) in [5.41, 5.74) is 0.807. The summed E-state index contributed by atoms with van der Waals surface area (Å²) < 4.78 is 20.3. The van der Waals surface area contributed by atoms with Crippen LogP contribution in [0.5, 0.6) is 11.5 Å². The molecule has 0 aliphatic rings. The molecule has 0 saturated heterocycles. The molecule has 19 heavy (non-hydrogen) atoms. The SMILES string of the molecule is CNC(C)c1cc(F)ccc1Oc1cccc(I)c1. The summed E-state index contributed by atoms with van der Waals surface area (Å²) in [6.07, 6.45) is 0. The zero-order chi connectivity index (χ0) is 13.8. The van der Waals surface area contributed by atoms with E-state index in [0.717, 1.165) is 14.9 Å². The minimum absolute atomic E-state index is 0.0217. The highest BCUT2D eigenvalue weighted by molar-refractivity contribution is 14.1. The van der Waals surface area contributed by atoms with E-state index in [2.05, 4.69) is 27.9 Å². The summed E-state index contributed by atoms with van der Waals surface area (Å²) in [7, 11) is 1.84. The van der Waals surface area contributed by atoms with Crippen LogP contribution in [0.4, 0.5) is 4.39 Å². The molecule has 1 unspecified atom stereocenters. The van der Waals surface area contributed by atoms with Gasteiger partial charge in [0, 0.05) is 15.2 Å². The predicted octanol–water partition coefficient (Wildman–Crippen LogP) is 4.50. The second kappa shape index (κ2) is 6.34. The molecular formula is C15H15FINO. The molecule has 0 radical (unpaired) electrons. The number of hydrogen-bond acceptors (Lipinski definition) is 2. The second-order valence-electron chi connectivity index (χ2n) is 4.25. The van der Waals surface area contributed by atoms with E-state index in [0.29, 0.717) is 5.75 Å². The van der Waals surface area contributed by atoms with Crippen LogP contribution in [0.2, 0.25) is 0 Å². The van der Waals surface area contributed by atoms with E-state index in [1.165, 1.54) is 12.1 Å². The highest BCUT2D eigenvalue weighted by Gasteiger charge is 2.12. The molecule has 0 aliphatic heterocycles. The third kappa shape index (κ3) is 3.67. The molecule has 0 amide bonds. The van der Waals surface area contributed by atoms with Crippen molar-refractivity contribution < 1.29 is 9.13 Å². The maximum Gasteiger partial charge on any atom is 0.132 e. The molecule has 2 nitrogen and oxygen atoms in total. The van der Waals surface area contributed by atoms with Gasteiger partial charge in [-0.05, 0) is 73.0 Å². The summed E-state index contributed by atoms with van der Waals surface area (Å²) in [6.45, 7) is 1.97. The first-order valence-electron chi connectivity index (χ1n) is 6.00. The Kier molecular flexibility index (Phi) is 4.76. The van der Waals surface area contributed by atoms with Crippen LogP contribution in [0.3, 0.4) is 0 Å². The van der Waals surface area contributed by atoms with Gasteiger partial charge in [0.2, 0.25) is 0 Å². The fourth-order valence-electron chi connectivity index (χ4n) is 1.76. The van der Waals surface area contributed by atoms with Gasteiger partial charge in [-0.2, -0.15) is 0 Å². The second-order valence-corrected chi connectivity index (χ2v) is 5.50. The van der Waals surface area contributed by atoms with Gasteiger partial charge in [0.1, 0.15) is 17.3 Å². The number of halogens is 2. The van der Waals surface area contributed by atoms with Gasteiger partial charge in [-0.25, -0.2) is 4.39 Å². The van der Waals surface area contributed by atoms with Crippen LogP contribution in [0.25, 0.3) is 0 Å². The fourth-order valence-corrected chi connectivity index (χ4v) is 2.28. The topological polar surface area (TPSA) is 21.3 Å². The summed E-state index contributed by atoms with van der Waals surface area (Å²) in [4.78, 5) is 0. The normalized spacial score (nSPS) is 12.2. The molecule has 0 aromatic heterocycles.